The number of thiophene rings is 1. The summed E-state index contributed by atoms with van der Waals surface area (Å²) in [4.78, 5) is 1.18. The summed E-state index contributed by atoms with van der Waals surface area (Å²) in [7, 11) is 0. The molecular weight excluding hydrogens is 237 g/mol. The predicted molar refractivity (Wildman–Crippen MR) is 66.4 cm³/mol. The van der Waals surface area contributed by atoms with Crippen molar-refractivity contribution in [2.24, 2.45) is 0 Å². The van der Waals surface area contributed by atoms with E-state index in [1.807, 2.05) is 36.4 Å². The summed E-state index contributed by atoms with van der Waals surface area (Å²) in [5, 5.41) is 1.60. The maximum absolute atomic E-state index is 5.78. The van der Waals surface area contributed by atoms with Gasteiger partial charge in [-0.15, -0.1) is 23.7 Å². The normalized spacial score (nSPS) is 9.50. The Morgan fingerprint density at radius 2 is 1.64 bits per heavy atom. The van der Waals surface area contributed by atoms with E-state index in [1.54, 1.807) is 11.3 Å². The van der Waals surface area contributed by atoms with Crippen molar-refractivity contribution in [3.05, 3.63) is 41.4 Å². The van der Waals surface area contributed by atoms with Gasteiger partial charge in [-0.2, -0.15) is 0 Å². The fourth-order valence-corrected chi connectivity index (χ4v) is 2.03. The molecule has 2 aromatic rings. The molecule has 0 amide bonds. The van der Waals surface area contributed by atoms with E-state index in [-0.39, 0.29) is 12.4 Å². The predicted octanol–water partition coefficient (Wildman–Crippen LogP) is 4.07. The van der Waals surface area contributed by atoms with Gasteiger partial charge in [-0.1, -0.05) is 23.7 Å². The summed E-state index contributed by atoms with van der Waals surface area (Å²) in [6.45, 7) is 0. The molecular formula is C10H9Cl2NS. The third-order valence-electron chi connectivity index (χ3n) is 1.76. The van der Waals surface area contributed by atoms with Gasteiger partial charge in [0.25, 0.3) is 0 Å². The van der Waals surface area contributed by atoms with Crippen LogP contribution in [-0.2, 0) is 0 Å². The maximum atomic E-state index is 5.78. The molecule has 0 aliphatic heterocycles. The van der Waals surface area contributed by atoms with E-state index in [1.165, 1.54) is 4.88 Å². The number of hydrogen-bond acceptors (Lipinski definition) is 2. The standard InChI is InChI=1S/C10H8ClNS.ClH/c11-8-3-1-7(2-4-8)9-5-6-10(12)13-9;/h1-6H,12H2;1H. The second kappa shape index (κ2) is 4.69. The number of nitrogens with two attached hydrogens (primary N) is 1. The van der Waals surface area contributed by atoms with Crippen LogP contribution >= 0.6 is 35.3 Å². The second-order valence-electron chi connectivity index (χ2n) is 2.71. The lowest BCUT2D eigenvalue weighted by molar-refractivity contribution is 1.70. The molecule has 0 saturated carbocycles. The SMILES string of the molecule is Cl.Nc1ccc(-c2ccc(Cl)cc2)s1. The zero-order valence-electron chi connectivity index (χ0n) is 7.24. The molecule has 0 aliphatic carbocycles. The first kappa shape index (κ1) is 11.4. The number of anilines is 1. The third kappa shape index (κ3) is 2.41. The summed E-state index contributed by atoms with van der Waals surface area (Å²) >= 11 is 7.36. The molecule has 1 nitrogen and oxygen atoms in total. The molecule has 4 heteroatoms. The van der Waals surface area contributed by atoms with E-state index in [2.05, 4.69) is 0 Å². The molecule has 1 aromatic carbocycles. The van der Waals surface area contributed by atoms with Crippen molar-refractivity contribution in [3.8, 4) is 10.4 Å². The minimum absolute atomic E-state index is 0. The van der Waals surface area contributed by atoms with Crippen molar-refractivity contribution in [3.63, 3.8) is 0 Å². The van der Waals surface area contributed by atoms with Crippen LogP contribution in [0.5, 0.6) is 0 Å². The molecule has 1 aromatic heterocycles. The van der Waals surface area contributed by atoms with E-state index in [4.69, 9.17) is 17.3 Å². The number of nitrogen functional groups attached to an aromatic ring is 1. The molecule has 14 heavy (non-hydrogen) atoms. The van der Waals surface area contributed by atoms with Crippen molar-refractivity contribution in [1.82, 2.24) is 0 Å². The van der Waals surface area contributed by atoms with Gasteiger partial charge in [-0.3, -0.25) is 0 Å². The molecule has 0 bridgehead atoms. The van der Waals surface area contributed by atoms with Crippen molar-refractivity contribution in [2.75, 3.05) is 5.73 Å². The highest BCUT2D eigenvalue weighted by molar-refractivity contribution is 7.19. The topological polar surface area (TPSA) is 26.0 Å². The van der Waals surface area contributed by atoms with Crippen LogP contribution in [0.4, 0.5) is 5.00 Å². The summed E-state index contributed by atoms with van der Waals surface area (Å²) in [6.07, 6.45) is 0. The minimum Gasteiger partial charge on any atom is -0.391 e. The Morgan fingerprint density at radius 1 is 1.00 bits per heavy atom. The van der Waals surface area contributed by atoms with Gasteiger partial charge < -0.3 is 5.73 Å². The Kier molecular flexibility index (Phi) is 3.81. The first-order chi connectivity index (χ1) is 6.25. The van der Waals surface area contributed by atoms with Gasteiger partial charge in [0.2, 0.25) is 0 Å². The highest BCUT2D eigenvalue weighted by Gasteiger charge is 1.99. The lowest BCUT2D eigenvalue weighted by Crippen LogP contribution is -1.73. The van der Waals surface area contributed by atoms with Gasteiger partial charge in [0, 0.05) is 9.90 Å². The number of halogens is 2. The summed E-state index contributed by atoms with van der Waals surface area (Å²) in [5.74, 6) is 0. The van der Waals surface area contributed by atoms with E-state index in [0.717, 1.165) is 15.6 Å². The van der Waals surface area contributed by atoms with Crippen LogP contribution < -0.4 is 5.73 Å². The van der Waals surface area contributed by atoms with E-state index in [0.29, 0.717) is 0 Å². The average Bonchev–Trinajstić information content (AvgIpc) is 2.53. The quantitative estimate of drug-likeness (QED) is 0.806. The Hall–Kier alpha value is -0.700. The van der Waals surface area contributed by atoms with Crippen molar-refractivity contribution >= 4 is 40.3 Å². The van der Waals surface area contributed by atoms with Gasteiger partial charge in [0.05, 0.1) is 5.00 Å². The van der Waals surface area contributed by atoms with Gasteiger partial charge in [0.1, 0.15) is 0 Å². The molecule has 1 heterocycles. The molecule has 0 unspecified atom stereocenters. The summed E-state index contributed by atoms with van der Waals surface area (Å²) in [6, 6.07) is 11.7. The molecule has 0 saturated heterocycles. The van der Waals surface area contributed by atoms with Crippen LogP contribution in [0.1, 0.15) is 0 Å². The summed E-state index contributed by atoms with van der Waals surface area (Å²) in [5.41, 5.74) is 6.80. The fourth-order valence-electron chi connectivity index (χ4n) is 1.12. The average molecular weight is 246 g/mol. The third-order valence-corrected chi connectivity index (χ3v) is 2.97. The van der Waals surface area contributed by atoms with Crippen molar-refractivity contribution < 1.29 is 0 Å². The first-order valence-corrected chi connectivity index (χ1v) is 5.06. The Morgan fingerprint density at radius 3 is 2.14 bits per heavy atom. The lowest BCUT2D eigenvalue weighted by atomic mass is 10.2. The van der Waals surface area contributed by atoms with Crippen molar-refractivity contribution in [2.45, 2.75) is 0 Å². The molecule has 74 valence electrons. The molecule has 2 N–H and O–H groups in total. The molecule has 2 rings (SSSR count). The highest BCUT2D eigenvalue weighted by atomic mass is 35.5. The van der Waals surface area contributed by atoms with E-state index < -0.39 is 0 Å². The zero-order valence-corrected chi connectivity index (χ0v) is 9.62. The number of hydrogen-bond donors (Lipinski definition) is 1. The first-order valence-electron chi connectivity index (χ1n) is 3.87. The number of benzene rings is 1. The van der Waals surface area contributed by atoms with E-state index in [9.17, 15) is 0 Å². The molecule has 0 radical (unpaired) electrons. The fraction of sp³-hybridized carbons (Fsp3) is 0. The van der Waals surface area contributed by atoms with Gasteiger partial charge in [0.15, 0.2) is 0 Å². The smallest absolute Gasteiger partial charge is 0.0862 e. The van der Waals surface area contributed by atoms with Crippen LogP contribution in [0.25, 0.3) is 10.4 Å². The van der Waals surface area contributed by atoms with Crippen LogP contribution in [0.2, 0.25) is 5.02 Å². The monoisotopic (exact) mass is 245 g/mol. The molecule has 0 spiro atoms. The van der Waals surface area contributed by atoms with Crippen molar-refractivity contribution in [1.29, 1.82) is 0 Å². The lowest BCUT2D eigenvalue weighted by Gasteiger charge is -1.95. The van der Waals surface area contributed by atoms with Crippen LogP contribution in [0.3, 0.4) is 0 Å². The van der Waals surface area contributed by atoms with Gasteiger partial charge in [-0.25, -0.2) is 0 Å². The largest absolute Gasteiger partial charge is 0.391 e. The van der Waals surface area contributed by atoms with Crippen LogP contribution in [0.15, 0.2) is 36.4 Å². The minimum atomic E-state index is 0. The Balaban J connectivity index is 0.000000980. The second-order valence-corrected chi connectivity index (χ2v) is 4.26. The van der Waals surface area contributed by atoms with Crippen LogP contribution in [-0.4, -0.2) is 0 Å². The maximum Gasteiger partial charge on any atom is 0.0862 e. The van der Waals surface area contributed by atoms with Gasteiger partial charge >= 0.3 is 0 Å². The highest BCUT2D eigenvalue weighted by Crippen LogP contribution is 2.29. The zero-order chi connectivity index (χ0) is 9.26. The molecule has 0 atom stereocenters. The van der Waals surface area contributed by atoms with E-state index >= 15 is 0 Å². The number of rotatable bonds is 1. The molecule has 0 aliphatic rings. The summed E-state index contributed by atoms with van der Waals surface area (Å²) < 4.78 is 0. The van der Waals surface area contributed by atoms with Gasteiger partial charge in [-0.05, 0) is 29.8 Å². The molecule has 0 fully saturated rings. The Bertz CT molecular complexity index is 408. The Labute approximate surface area is 97.9 Å². The van der Waals surface area contributed by atoms with Crippen LogP contribution in [0, 0.1) is 0 Å².